The summed E-state index contributed by atoms with van der Waals surface area (Å²) in [5, 5.41) is 11.5. The molecule has 25 heavy (non-hydrogen) atoms. The molecule has 0 bridgehead atoms. The molecule has 0 fully saturated rings. The highest BCUT2D eigenvalue weighted by molar-refractivity contribution is 5.82. The number of benzene rings is 1. The van der Waals surface area contributed by atoms with Crippen LogP contribution in [0.3, 0.4) is 0 Å². The largest absolute Gasteiger partial charge is 0.505 e. The number of nitrogens with zero attached hydrogens (tertiary/aromatic N) is 2. The zero-order chi connectivity index (χ0) is 17.0. The lowest BCUT2D eigenvalue weighted by Gasteiger charge is -2.32. The van der Waals surface area contributed by atoms with E-state index < -0.39 is 5.82 Å². The number of halogens is 1. The van der Waals surface area contributed by atoms with E-state index in [1.54, 1.807) is 12.4 Å². The van der Waals surface area contributed by atoms with E-state index in [4.69, 9.17) is 0 Å². The standard InChI is InChI=1S/C19H15FN4O/c20-15-7-11(2-6-17(15)25)14-4-5-16-18-12(8-22-19(14)18)1-3-13-9-21-10-23-24(13)16/h1-3,5-10,14,22,25H,4H2,(H,21,23). The van der Waals surface area contributed by atoms with Crippen molar-refractivity contribution < 1.29 is 9.50 Å². The number of aromatic nitrogens is 1. The van der Waals surface area contributed by atoms with Crippen LogP contribution >= 0.6 is 0 Å². The van der Waals surface area contributed by atoms with Crippen molar-refractivity contribution in [2.45, 2.75) is 12.3 Å². The number of aliphatic imine (C=N–C) groups is 1. The molecule has 1 aromatic heterocycles. The fraction of sp³-hybridized carbons (Fsp3) is 0.105. The number of fused-ring (bicyclic) bond motifs is 2. The maximum Gasteiger partial charge on any atom is 0.165 e. The van der Waals surface area contributed by atoms with E-state index in [0.29, 0.717) is 0 Å². The van der Waals surface area contributed by atoms with Gasteiger partial charge in [-0.25, -0.2) is 9.38 Å². The summed E-state index contributed by atoms with van der Waals surface area (Å²) >= 11 is 0. The van der Waals surface area contributed by atoms with Gasteiger partial charge in [0, 0.05) is 28.9 Å². The van der Waals surface area contributed by atoms with Gasteiger partial charge in [0.15, 0.2) is 11.6 Å². The third-order valence-corrected chi connectivity index (χ3v) is 4.87. The van der Waals surface area contributed by atoms with Gasteiger partial charge < -0.3 is 10.1 Å². The highest BCUT2D eigenvalue weighted by Gasteiger charge is 2.32. The number of allylic oxidation sites excluding steroid dienone is 2. The molecule has 0 amide bonds. The predicted octanol–water partition coefficient (Wildman–Crippen LogP) is 3.45. The molecule has 1 aliphatic carbocycles. The molecule has 3 aliphatic rings. The number of aromatic amines is 1. The quantitative estimate of drug-likeness (QED) is 0.748. The van der Waals surface area contributed by atoms with Gasteiger partial charge in [0.05, 0.1) is 17.6 Å². The third-order valence-electron chi connectivity index (χ3n) is 4.87. The first-order chi connectivity index (χ1) is 12.2. The van der Waals surface area contributed by atoms with Gasteiger partial charge in [-0.2, -0.15) is 0 Å². The topological polar surface area (TPSA) is 63.6 Å². The number of aromatic hydroxyl groups is 1. The molecule has 1 unspecified atom stereocenters. The van der Waals surface area contributed by atoms with Crippen LogP contribution in [-0.2, 0) is 0 Å². The van der Waals surface area contributed by atoms with Crippen molar-refractivity contribution >= 4 is 18.1 Å². The maximum atomic E-state index is 13.8. The average Bonchev–Trinajstić information content (AvgIpc) is 2.99. The molecule has 5 nitrogen and oxygen atoms in total. The first-order valence-electron chi connectivity index (χ1n) is 8.09. The molecule has 0 radical (unpaired) electrons. The lowest BCUT2D eigenvalue weighted by molar-refractivity contribution is 0.431. The highest BCUT2D eigenvalue weighted by atomic mass is 19.1. The fourth-order valence-corrected chi connectivity index (χ4v) is 3.68. The molecule has 124 valence electrons. The van der Waals surface area contributed by atoms with Crippen LogP contribution in [0.1, 0.15) is 34.7 Å². The fourth-order valence-electron chi connectivity index (χ4n) is 3.68. The molecule has 3 heterocycles. The second-order valence-corrected chi connectivity index (χ2v) is 6.25. The molecule has 0 saturated heterocycles. The van der Waals surface area contributed by atoms with Crippen molar-refractivity contribution in [2.24, 2.45) is 4.99 Å². The highest BCUT2D eigenvalue weighted by Crippen LogP contribution is 2.43. The lowest BCUT2D eigenvalue weighted by Crippen LogP contribution is -2.36. The van der Waals surface area contributed by atoms with E-state index in [1.807, 2.05) is 23.5 Å². The van der Waals surface area contributed by atoms with Crippen LogP contribution < -0.4 is 5.43 Å². The van der Waals surface area contributed by atoms with Crippen LogP contribution in [0.2, 0.25) is 0 Å². The first-order valence-corrected chi connectivity index (χ1v) is 8.09. The molecule has 2 aromatic rings. The molecule has 5 rings (SSSR count). The first kappa shape index (κ1) is 14.1. The van der Waals surface area contributed by atoms with Crippen LogP contribution in [0.15, 0.2) is 53.4 Å². The second-order valence-electron chi connectivity index (χ2n) is 6.25. The minimum Gasteiger partial charge on any atom is -0.505 e. The monoisotopic (exact) mass is 334 g/mol. The molecule has 2 aliphatic heterocycles. The zero-order valence-electron chi connectivity index (χ0n) is 13.2. The number of hydrazine groups is 1. The van der Waals surface area contributed by atoms with E-state index in [1.165, 1.54) is 12.1 Å². The summed E-state index contributed by atoms with van der Waals surface area (Å²) in [5.74, 6) is -0.903. The molecule has 1 atom stereocenters. The molecule has 6 heteroatoms. The normalized spacial score (nSPS) is 20.2. The predicted molar refractivity (Wildman–Crippen MR) is 93.9 cm³/mol. The second kappa shape index (κ2) is 5.11. The summed E-state index contributed by atoms with van der Waals surface area (Å²) in [6.07, 6.45) is 12.4. The Morgan fingerprint density at radius 1 is 1.28 bits per heavy atom. The Morgan fingerprint density at radius 2 is 2.20 bits per heavy atom. The summed E-state index contributed by atoms with van der Waals surface area (Å²) in [7, 11) is 0. The van der Waals surface area contributed by atoms with Crippen LogP contribution in [-0.4, -0.2) is 21.4 Å². The third kappa shape index (κ3) is 2.04. The summed E-state index contributed by atoms with van der Waals surface area (Å²) < 4.78 is 13.8. The average molecular weight is 334 g/mol. The van der Waals surface area contributed by atoms with Crippen molar-refractivity contribution in [3.8, 4) is 5.75 Å². The molecular formula is C19H15FN4O. The van der Waals surface area contributed by atoms with Gasteiger partial charge in [0.2, 0.25) is 0 Å². The maximum absolute atomic E-state index is 13.8. The summed E-state index contributed by atoms with van der Waals surface area (Å²) in [5.41, 5.74) is 9.27. The Kier molecular flexibility index (Phi) is 2.88. The SMILES string of the molecule is Oc1ccc(C2CC=C3c4c(c[nH]c42)C=CC2=CN=CNN23)cc1F. The summed E-state index contributed by atoms with van der Waals surface area (Å²) in [6, 6.07) is 4.60. The van der Waals surface area contributed by atoms with E-state index in [0.717, 1.165) is 40.2 Å². The van der Waals surface area contributed by atoms with Crippen LogP contribution in [0.5, 0.6) is 5.75 Å². The van der Waals surface area contributed by atoms with E-state index in [-0.39, 0.29) is 11.7 Å². The Balaban J connectivity index is 1.64. The molecule has 3 N–H and O–H groups in total. The molecule has 1 aromatic carbocycles. The zero-order valence-corrected chi connectivity index (χ0v) is 13.2. The van der Waals surface area contributed by atoms with E-state index in [2.05, 4.69) is 27.6 Å². The van der Waals surface area contributed by atoms with Gasteiger partial charge in [-0.1, -0.05) is 18.2 Å². The van der Waals surface area contributed by atoms with Crippen molar-refractivity contribution in [1.29, 1.82) is 0 Å². The number of hydrogen-bond acceptors (Lipinski definition) is 4. The van der Waals surface area contributed by atoms with Gasteiger partial charge in [0.1, 0.15) is 6.34 Å². The van der Waals surface area contributed by atoms with Gasteiger partial charge in [0.25, 0.3) is 0 Å². The molecule has 0 saturated carbocycles. The van der Waals surface area contributed by atoms with Gasteiger partial charge in [-0.15, -0.1) is 0 Å². The minimum atomic E-state index is -0.594. The number of phenolic OH excluding ortho intramolecular Hbond substituents is 1. The van der Waals surface area contributed by atoms with E-state index >= 15 is 0 Å². The minimum absolute atomic E-state index is 0.0139. The number of rotatable bonds is 1. The Morgan fingerprint density at radius 3 is 3.08 bits per heavy atom. The van der Waals surface area contributed by atoms with Crippen molar-refractivity contribution in [3.05, 3.63) is 76.6 Å². The number of phenols is 1. The van der Waals surface area contributed by atoms with Crippen molar-refractivity contribution in [1.82, 2.24) is 15.4 Å². The van der Waals surface area contributed by atoms with Gasteiger partial charge in [-0.3, -0.25) is 10.4 Å². The smallest absolute Gasteiger partial charge is 0.165 e. The van der Waals surface area contributed by atoms with Crippen LogP contribution in [0.25, 0.3) is 11.8 Å². The molecular weight excluding hydrogens is 319 g/mol. The Bertz CT molecular complexity index is 999. The van der Waals surface area contributed by atoms with Crippen LogP contribution in [0.4, 0.5) is 4.39 Å². The molecule has 0 spiro atoms. The summed E-state index contributed by atoms with van der Waals surface area (Å²) in [6.45, 7) is 0. The number of nitrogens with one attached hydrogen (secondary N) is 2. The van der Waals surface area contributed by atoms with Crippen molar-refractivity contribution in [3.63, 3.8) is 0 Å². The number of hydrogen-bond donors (Lipinski definition) is 3. The van der Waals surface area contributed by atoms with Crippen molar-refractivity contribution in [2.75, 3.05) is 0 Å². The van der Waals surface area contributed by atoms with Gasteiger partial charge >= 0.3 is 0 Å². The number of H-pyrrole nitrogens is 1. The van der Waals surface area contributed by atoms with Gasteiger partial charge in [-0.05, 0) is 30.2 Å². The Labute approximate surface area is 143 Å². The summed E-state index contributed by atoms with van der Waals surface area (Å²) in [4.78, 5) is 7.52. The lowest BCUT2D eigenvalue weighted by atomic mass is 9.84. The van der Waals surface area contributed by atoms with Crippen LogP contribution in [0, 0.1) is 5.82 Å². The van der Waals surface area contributed by atoms with E-state index in [9.17, 15) is 9.50 Å². The Hall–Kier alpha value is -3.28.